The first-order valence-electron chi connectivity index (χ1n) is 12.6. The number of anilines is 2. The van der Waals surface area contributed by atoms with E-state index < -0.39 is 0 Å². The zero-order valence-electron chi connectivity index (χ0n) is 22.2. The summed E-state index contributed by atoms with van der Waals surface area (Å²) in [4.78, 5) is 33.5. The number of urea groups is 1. The van der Waals surface area contributed by atoms with Gasteiger partial charge in [0, 0.05) is 55.4 Å². The molecule has 2 amide bonds. The highest BCUT2D eigenvalue weighted by atomic mass is 16.2. The number of aromatic amines is 1. The van der Waals surface area contributed by atoms with Gasteiger partial charge in [0.05, 0.1) is 11.1 Å². The standard InChI is InChI=1S/C27H35N9O/c1-27(2,3)33-26(37)35-12-8-18(9-13-35)22-14-21-24(29-17-30-25(21)32-22)31-19-6-7-23-28-15-20(36(23)16-19)10-11-34(4)5/h6-8,14-17H,9-13H2,1-5H3,(H,33,37)(H2,29,30,31,32). The molecular weight excluding hydrogens is 466 g/mol. The second-order valence-electron chi connectivity index (χ2n) is 10.8. The van der Waals surface area contributed by atoms with Gasteiger partial charge < -0.3 is 29.8 Å². The Hall–Kier alpha value is -3.92. The molecule has 3 N–H and O–H groups in total. The summed E-state index contributed by atoms with van der Waals surface area (Å²) < 4.78 is 2.13. The van der Waals surface area contributed by atoms with Crippen LogP contribution in [0.1, 0.15) is 38.6 Å². The maximum atomic E-state index is 12.5. The van der Waals surface area contributed by atoms with E-state index in [1.165, 1.54) is 11.3 Å². The molecule has 0 unspecified atom stereocenters. The summed E-state index contributed by atoms with van der Waals surface area (Å²) in [6.07, 6.45) is 9.37. The third kappa shape index (κ3) is 5.59. The zero-order chi connectivity index (χ0) is 26.2. The number of carbonyl (C=O) groups is 1. The van der Waals surface area contributed by atoms with Gasteiger partial charge in [0.1, 0.15) is 23.4 Å². The van der Waals surface area contributed by atoms with Crippen molar-refractivity contribution in [2.75, 3.05) is 39.0 Å². The molecule has 0 aliphatic carbocycles. The van der Waals surface area contributed by atoms with Crippen LogP contribution in [-0.4, -0.2) is 79.4 Å². The molecule has 0 radical (unpaired) electrons. The molecule has 5 heterocycles. The minimum atomic E-state index is -0.253. The first kappa shape index (κ1) is 24.8. The van der Waals surface area contributed by atoms with Crippen molar-refractivity contribution in [2.45, 2.75) is 39.2 Å². The number of imidazole rings is 1. The Kier molecular flexibility index (Phi) is 6.59. The number of carbonyl (C=O) groups excluding carboxylic acids is 1. The molecule has 194 valence electrons. The van der Waals surface area contributed by atoms with Crippen LogP contribution in [0, 0.1) is 0 Å². The molecule has 10 nitrogen and oxygen atoms in total. The molecule has 37 heavy (non-hydrogen) atoms. The van der Waals surface area contributed by atoms with Crippen molar-refractivity contribution in [3.8, 4) is 0 Å². The normalized spacial score (nSPS) is 14.4. The summed E-state index contributed by atoms with van der Waals surface area (Å²) >= 11 is 0. The molecule has 4 aromatic heterocycles. The minimum Gasteiger partial charge on any atom is -0.339 e. The van der Waals surface area contributed by atoms with Crippen LogP contribution >= 0.6 is 0 Å². The Morgan fingerprint density at radius 2 is 2.03 bits per heavy atom. The van der Waals surface area contributed by atoms with Gasteiger partial charge in [0.25, 0.3) is 0 Å². The largest absolute Gasteiger partial charge is 0.339 e. The summed E-state index contributed by atoms with van der Waals surface area (Å²) in [6, 6.07) is 6.08. The summed E-state index contributed by atoms with van der Waals surface area (Å²) in [5, 5.41) is 7.43. The first-order valence-corrected chi connectivity index (χ1v) is 12.6. The number of likely N-dealkylation sites (N-methyl/N-ethyl adjacent to an activating group) is 1. The molecule has 0 fully saturated rings. The van der Waals surface area contributed by atoms with E-state index in [1.807, 2.05) is 44.0 Å². The van der Waals surface area contributed by atoms with Crippen LogP contribution in [0.3, 0.4) is 0 Å². The number of fused-ring (bicyclic) bond motifs is 2. The second-order valence-corrected chi connectivity index (χ2v) is 10.8. The van der Waals surface area contributed by atoms with Crippen LogP contribution in [0.25, 0.3) is 22.3 Å². The number of nitrogens with zero attached hydrogens (tertiary/aromatic N) is 6. The van der Waals surface area contributed by atoms with Gasteiger partial charge in [-0.1, -0.05) is 6.08 Å². The average molecular weight is 502 g/mol. The van der Waals surface area contributed by atoms with Crippen molar-refractivity contribution < 1.29 is 4.79 Å². The molecule has 0 bridgehead atoms. The molecule has 0 atom stereocenters. The van der Waals surface area contributed by atoms with Crippen molar-refractivity contribution >= 4 is 39.8 Å². The molecule has 0 aromatic carbocycles. The Labute approximate surface area is 216 Å². The molecule has 1 aliphatic rings. The summed E-state index contributed by atoms with van der Waals surface area (Å²) in [5.41, 5.74) is 5.72. The maximum Gasteiger partial charge on any atom is 0.318 e. The van der Waals surface area contributed by atoms with Gasteiger partial charge in [-0.15, -0.1) is 0 Å². The number of hydrogen-bond acceptors (Lipinski definition) is 6. The molecule has 10 heteroatoms. The van der Waals surface area contributed by atoms with Gasteiger partial charge in [-0.05, 0) is 65.1 Å². The minimum absolute atomic E-state index is 0.0310. The molecule has 4 aromatic rings. The molecule has 1 aliphatic heterocycles. The van der Waals surface area contributed by atoms with E-state index in [-0.39, 0.29) is 11.6 Å². The summed E-state index contributed by atoms with van der Waals surface area (Å²) in [7, 11) is 4.15. The highest BCUT2D eigenvalue weighted by molar-refractivity contribution is 5.92. The van der Waals surface area contributed by atoms with Gasteiger partial charge in [-0.3, -0.25) is 0 Å². The lowest BCUT2D eigenvalue weighted by Crippen LogP contribution is -2.49. The van der Waals surface area contributed by atoms with E-state index in [0.717, 1.165) is 53.3 Å². The number of aromatic nitrogens is 5. The number of hydrogen-bond donors (Lipinski definition) is 3. The fourth-order valence-corrected chi connectivity index (χ4v) is 4.48. The fraction of sp³-hybridized carbons (Fsp3) is 0.407. The lowest BCUT2D eigenvalue weighted by molar-refractivity contribution is 0.193. The Balaban J connectivity index is 1.35. The number of H-pyrrole nitrogens is 1. The molecule has 5 rings (SSSR count). The average Bonchev–Trinajstić information content (AvgIpc) is 3.46. The van der Waals surface area contributed by atoms with Crippen LogP contribution in [0.15, 0.2) is 43.0 Å². The number of amides is 2. The van der Waals surface area contributed by atoms with E-state index in [0.29, 0.717) is 13.1 Å². The monoisotopic (exact) mass is 501 g/mol. The van der Waals surface area contributed by atoms with Crippen molar-refractivity contribution in [2.24, 2.45) is 0 Å². The van der Waals surface area contributed by atoms with Crippen LogP contribution in [-0.2, 0) is 6.42 Å². The lowest BCUT2D eigenvalue weighted by atomic mass is 10.0. The topological polar surface area (TPSA) is 106 Å². The third-order valence-corrected chi connectivity index (χ3v) is 6.41. The Morgan fingerprint density at radius 3 is 2.76 bits per heavy atom. The predicted octanol–water partition coefficient (Wildman–Crippen LogP) is 4.05. The lowest BCUT2D eigenvalue weighted by Gasteiger charge is -2.30. The van der Waals surface area contributed by atoms with E-state index in [9.17, 15) is 4.79 Å². The van der Waals surface area contributed by atoms with E-state index in [4.69, 9.17) is 0 Å². The van der Waals surface area contributed by atoms with E-state index in [1.54, 1.807) is 6.33 Å². The van der Waals surface area contributed by atoms with E-state index >= 15 is 0 Å². The van der Waals surface area contributed by atoms with Gasteiger partial charge in [-0.2, -0.15) is 0 Å². The van der Waals surface area contributed by atoms with Gasteiger partial charge in [0.15, 0.2) is 0 Å². The zero-order valence-corrected chi connectivity index (χ0v) is 22.2. The number of pyridine rings is 1. The van der Waals surface area contributed by atoms with Gasteiger partial charge in [0.2, 0.25) is 0 Å². The maximum absolute atomic E-state index is 12.5. The van der Waals surface area contributed by atoms with Crippen LogP contribution in [0.5, 0.6) is 0 Å². The van der Waals surface area contributed by atoms with E-state index in [2.05, 4.69) is 72.3 Å². The second kappa shape index (κ2) is 9.85. The van der Waals surface area contributed by atoms with Crippen LogP contribution in [0.2, 0.25) is 0 Å². The summed E-state index contributed by atoms with van der Waals surface area (Å²) in [6.45, 7) is 8.17. The SMILES string of the molecule is CN(C)CCc1cnc2ccc(Nc3ncnc4[nH]c(C5=CCN(C(=O)NC(C)(C)C)CC5)cc34)cn12. The molecule has 0 spiro atoms. The van der Waals surface area contributed by atoms with Crippen molar-refractivity contribution in [1.82, 2.24) is 39.5 Å². The van der Waals surface area contributed by atoms with Gasteiger partial charge >= 0.3 is 6.03 Å². The Bertz CT molecular complexity index is 1460. The molecule has 0 saturated carbocycles. The fourth-order valence-electron chi connectivity index (χ4n) is 4.48. The van der Waals surface area contributed by atoms with Gasteiger partial charge in [-0.25, -0.2) is 19.7 Å². The molecule has 0 saturated heterocycles. The predicted molar refractivity (Wildman–Crippen MR) is 147 cm³/mol. The molecular formula is C27H35N9O. The quantitative estimate of drug-likeness (QED) is 0.368. The first-order chi connectivity index (χ1) is 17.7. The highest BCUT2D eigenvalue weighted by Crippen LogP contribution is 2.29. The smallest absolute Gasteiger partial charge is 0.318 e. The van der Waals surface area contributed by atoms with Crippen LogP contribution < -0.4 is 10.6 Å². The number of rotatable bonds is 6. The number of nitrogens with one attached hydrogen (secondary N) is 3. The third-order valence-electron chi connectivity index (χ3n) is 6.41. The highest BCUT2D eigenvalue weighted by Gasteiger charge is 2.22. The van der Waals surface area contributed by atoms with Crippen molar-refractivity contribution in [3.63, 3.8) is 0 Å². The van der Waals surface area contributed by atoms with Crippen molar-refractivity contribution in [1.29, 1.82) is 0 Å². The van der Waals surface area contributed by atoms with Crippen molar-refractivity contribution in [3.05, 3.63) is 54.4 Å². The summed E-state index contributed by atoms with van der Waals surface area (Å²) in [5.74, 6) is 0.740. The Morgan fingerprint density at radius 1 is 1.19 bits per heavy atom. The van der Waals surface area contributed by atoms with Crippen LogP contribution in [0.4, 0.5) is 16.3 Å².